The summed E-state index contributed by atoms with van der Waals surface area (Å²) in [5, 5.41) is 2.94. The Morgan fingerprint density at radius 1 is 1.42 bits per heavy atom. The molecule has 1 aliphatic carbocycles. The summed E-state index contributed by atoms with van der Waals surface area (Å²) in [5.41, 5.74) is 6.66. The lowest BCUT2D eigenvalue weighted by Crippen LogP contribution is -2.44. The van der Waals surface area contributed by atoms with E-state index in [4.69, 9.17) is 5.73 Å². The second kappa shape index (κ2) is 6.15. The SMILES string of the molecule is Cc1ccc(C(=O)NC2CCCCC2CN)c(F)c1. The average Bonchev–Trinajstić information content (AvgIpc) is 2.39. The third kappa shape index (κ3) is 3.32. The zero-order valence-corrected chi connectivity index (χ0v) is 11.3. The summed E-state index contributed by atoms with van der Waals surface area (Å²) in [6.07, 6.45) is 4.23. The molecule has 0 spiro atoms. The molecule has 2 atom stereocenters. The maximum atomic E-state index is 13.7. The first-order chi connectivity index (χ1) is 9.11. The van der Waals surface area contributed by atoms with Gasteiger partial charge in [-0.1, -0.05) is 18.9 Å². The van der Waals surface area contributed by atoms with E-state index in [2.05, 4.69) is 5.32 Å². The van der Waals surface area contributed by atoms with Gasteiger partial charge in [-0.25, -0.2) is 4.39 Å². The number of carbonyl (C=O) groups excluding carboxylic acids is 1. The highest BCUT2D eigenvalue weighted by molar-refractivity contribution is 5.94. The van der Waals surface area contributed by atoms with Gasteiger partial charge in [0.1, 0.15) is 5.82 Å². The van der Waals surface area contributed by atoms with Crippen LogP contribution < -0.4 is 11.1 Å². The summed E-state index contributed by atoms with van der Waals surface area (Å²) < 4.78 is 13.7. The van der Waals surface area contributed by atoms with Crippen LogP contribution in [-0.2, 0) is 0 Å². The van der Waals surface area contributed by atoms with Crippen LogP contribution in [0.2, 0.25) is 0 Å². The van der Waals surface area contributed by atoms with Gasteiger partial charge in [0.15, 0.2) is 0 Å². The Morgan fingerprint density at radius 3 is 2.84 bits per heavy atom. The topological polar surface area (TPSA) is 55.1 Å². The van der Waals surface area contributed by atoms with Crippen molar-refractivity contribution in [1.82, 2.24) is 5.32 Å². The van der Waals surface area contributed by atoms with Crippen LogP contribution in [0, 0.1) is 18.7 Å². The van der Waals surface area contributed by atoms with Crippen LogP contribution in [0.25, 0.3) is 0 Å². The lowest BCUT2D eigenvalue weighted by Gasteiger charge is -2.31. The number of aryl methyl sites for hydroxylation is 1. The second-order valence-corrected chi connectivity index (χ2v) is 5.34. The minimum Gasteiger partial charge on any atom is -0.349 e. The standard InChI is InChI=1S/C15H21FN2O/c1-10-6-7-12(13(16)8-10)15(19)18-14-5-3-2-4-11(14)9-17/h6-8,11,14H,2-5,9,17H2,1H3,(H,18,19). The zero-order valence-electron chi connectivity index (χ0n) is 11.3. The van der Waals surface area contributed by atoms with Gasteiger partial charge in [0, 0.05) is 6.04 Å². The Kier molecular flexibility index (Phi) is 4.53. The van der Waals surface area contributed by atoms with E-state index in [9.17, 15) is 9.18 Å². The molecule has 2 rings (SSSR count). The number of hydrogen-bond acceptors (Lipinski definition) is 2. The monoisotopic (exact) mass is 264 g/mol. The molecule has 104 valence electrons. The Hall–Kier alpha value is -1.42. The first-order valence-electron chi connectivity index (χ1n) is 6.89. The number of rotatable bonds is 3. The van der Waals surface area contributed by atoms with Crippen molar-refractivity contribution in [3.05, 3.63) is 35.1 Å². The molecule has 0 aromatic heterocycles. The summed E-state index contributed by atoms with van der Waals surface area (Å²) >= 11 is 0. The normalized spacial score (nSPS) is 23.1. The summed E-state index contributed by atoms with van der Waals surface area (Å²) in [5.74, 6) is -0.480. The molecule has 1 amide bonds. The fourth-order valence-electron chi connectivity index (χ4n) is 2.73. The number of amides is 1. The minimum absolute atomic E-state index is 0.0759. The van der Waals surface area contributed by atoms with Gasteiger partial charge in [-0.3, -0.25) is 4.79 Å². The highest BCUT2D eigenvalue weighted by Gasteiger charge is 2.26. The minimum atomic E-state index is -0.461. The van der Waals surface area contributed by atoms with Crippen LogP contribution in [0.1, 0.15) is 41.6 Å². The van der Waals surface area contributed by atoms with E-state index in [1.807, 2.05) is 0 Å². The van der Waals surface area contributed by atoms with Crippen molar-refractivity contribution in [3.63, 3.8) is 0 Å². The quantitative estimate of drug-likeness (QED) is 0.880. The van der Waals surface area contributed by atoms with E-state index < -0.39 is 5.82 Å². The van der Waals surface area contributed by atoms with Gasteiger partial charge in [0.25, 0.3) is 5.91 Å². The van der Waals surface area contributed by atoms with Crippen molar-refractivity contribution in [2.75, 3.05) is 6.54 Å². The van der Waals surface area contributed by atoms with Crippen LogP contribution in [0.3, 0.4) is 0 Å². The molecule has 2 unspecified atom stereocenters. The van der Waals surface area contributed by atoms with Gasteiger partial charge in [-0.05, 0) is 49.9 Å². The second-order valence-electron chi connectivity index (χ2n) is 5.34. The van der Waals surface area contributed by atoms with E-state index in [0.717, 1.165) is 31.2 Å². The van der Waals surface area contributed by atoms with Gasteiger partial charge in [-0.2, -0.15) is 0 Å². The molecule has 1 aromatic rings. The summed E-state index contributed by atoms with van der Waals surface area (Å²) in [7, 11) is 0. The molecule has 0 saturated heterocycles. The number of halogens is 1. The van der Waals surface area contributed by atoms with Crippen LogP contribution in [0.4, 0.5) is 4.39 Å². The van der Waals surface area contributed by atoms with Crippen molar-refractivity contribution >= 4 is 5.91 Å². The fraction of sp³-hybridized carbons (Fsp3) is 0.533. The van der Waals surface area contributed by atoms with Crippen LogP contribution >= 0.6 is 0 Å². The summed E-state index contributed by atoms with van der Waals surface area (Å²) in [6.45, 7) is 2.37. The Morgan fingerprint density at radius 2 is 2.16 bits per heavy atom. The lowest BCUT2D eigenvalue weighted by molar-refractivity contribution is 0.0904. The Labute approximate surface area is 113 Å². The Balaban J connectivity index is 2.07. The molecule has 0 bridgehead atoms. The third-order valence-corrected chi connectivity index (χ3v) is 3.90. The molecule has 0 radical (unpaired) electrons. The highest BCUT2D eigenvalue weighted by atomic mass is 19.1. The van der Waals surface area contributed by atoms with Gasteiger partial charge in [0.2, 0.25) is 0 Å². The number of hydrogen-bond donors (Lipinski definition) is 2. The largest absolute Gasteiger partial charge is 0.349 e. The van der Waals surface area contributed by atoms with Gasteiger partial charge in [-0.15, -0.1) is 0 Å². The molecule has 1 saturated carbocycles. The predicted octanol–water partition coefficient (Wildman–Crippen LogP) is 2.38. The molecular formula is C15H21FN2O. The zero-order chi connectivity index (χ0) is 13.8. The smallest absolute Gasteiger partial charge is 0.254 e. The van der Waals surface area contributed by atoms with Crippen molar-refractivity contribution in [1.29, 1.82) is 0 Å². The molecule has 0 aliphatic heterocycles. The number of nitrogens with one attached hydrogen (secondary N) is 1. The summed E-state index contributed by atoms with van der Waals surface area (Å²) in [6, 6.07) is 4.75. The van der Waals surface area contributed by atoms with E-state index in [0.29, 0.717) is 12.5 Å². The number of carbonyl (C=O) groups is 1. The number of benzene rings is 1. The van der Waals surface area contributed by atoms with E-state index in [-0.39, 0.29) is 17.5 Å². The Bertz CT molecular complexity index is 461. The average molecular weight is 264 g/mol. The van der Waals surface area contributed by atoms with Crippen LogP contribution in [0.5, 0.6) is 0 Å². The highest BCUT2D eigenvalue weighted by Crippen LogP contribution is 2.24. The van der Waals surface area contributed by atoms with E-state index in [1.54, 1.807) is 19.1 Å². The molecule has 1 fully saturated rings. The molecule has 3 N–H and O–H groups in total. The van der Waals surface area contributed by atoms with Crippen molar-refractivity contribution in [3.8, 4) is 0 Å². The first kappa shape index (κ1) is 14.0. The molecule has 4 heteroatoms. The molecule has 0 heterocycles. The van der Waals surface area contributed by atoms with Gasteiger partial charge < -0.3 is 11.1 Å². The van der Waals surface area contributed by atoms with Crippen molar-refractivity contribution < 1.29 is 9.18 Å². The third-order valence-electron chi connectivity index (χ3n) is 3.90. The fourth-order valence-corrected chi connectivity index (χ4v) is 2.73. The van der Waals surface area contributed by atoms with E-state index in [1.165, 1.54) is 6.07 Å². The van der Waals surface area contributed by atoms with E-state index >= 15 is 0 Å². The van der Waals surface area contributed by atoms with Crippen molar-refractivity contribution in [2.24, 2.45) is 11.7 Å². The summed E-state index contributed by atoms with van der Waals surface area (Å²) in [4.78, 5) is 12.1. The molecule has 3 nitrogen and oxygen atoms in total. The van der Waals surface area contributed by atoms with Crippen LogP contribution in [-0.4, -0.2) is 18.5 Å². The van der Waals surface area contributed by atoms with Crippen LogP contribution in [0.15, 0.2) is 18.2 Å². The lowest BCUT2D eigenvalue weighted by atomic mass is 9.84. The maximum absolute atomic E-state index is 13.7. The maximum Gasteiger partial charge on any atom is 0.254 e. The predicted molar refractivity (Wildman–Crippen MR) is 73.4 cm³/mol. The van der Waals surface area contributed by atoms with Gasteiger partial charge >= 0.3 is 0 Å². The van der Waals surface area contributed by atoms with Crippen molar-refractivity contribution in [2.45, 2.75) is 38.6 Å². The number of nitrogens with two attached hydrogens (primary N) is 1. The van der Waals surface area contributed by atoms with Gasteiger partial charge in [0.05, 0.1) is 5.56 Å². The molecule has 1 aliphatic rings. The molecule has 19 heavy (non-hydrogen) atoms. The first-order valence-corrected chi connectivity index (χ1v) is 6.89. The molecular weight excluding hydrogens is 243 g/mol. The molecule has 1 aromatic carbocycles.